The third-order valence-electron chi connectivity index (χ3n) is 2.56. The van der Waals surface area contributed by atoms with E-state index in [2.05, 4.69) is 4.98 Å². The lowest BCUT2D eigenvalue weighted by Crippen LogP contribution is -2.08. The van der Waals surface area contributed by atoms with Crippen molar-refractivity contribution in [1.82, 2.24) is 4.98 Å². The van der Waals surface area contributed by atoms with Crippen LogP contribution in [0.2, 0.25) is 0 Å². The summed E-state index contributed by atoms with van der Waals surface area (Å²) in [4.78, 5) is 16.4. The predicted octanol–water partition coefficient (Wildman–Crippen LogP) is 2.47. The molecule has 18 heavy (non-hydrogen) atoms. The SMILES string of the molecule is COc1cccc(C(=O)Cc2nc(C)cs2)c1N. The van der Waals surface area contributed by atoms with Crippen LogP contribution in [0.4, 0.5) is 5.69 Å². The molecule has 1 heterocycles. The summed E-state index contributed by atoms with van der Waals surface area (Å²) in [6, 6.07) is 5.20. The maximum absolute atomic E-state index is 12.1. The summed E-state index contributed by atoms with van der Waals surface area (Å²) in [5.74, 6) is 0.483. The molecule has 0 spiro atoms. The van der Waals surface area contributed by atoms with Gasteiger partial charge in [0.2, 0.25) is 0 Å². The molecule has 0 bridgehead atoms. The number of anilines is 1. The van der Waals surface area contributed by atoms with E-state index >= 15 is 0 Å². The number of nitrogens with zero attached hydrogens (tertiary/aromatic N) is 1. The highest BCUT2D eigenvalue weighted by Gasteiger charge is 2.14. The highest BCUT2D eigenvalue weighted by Crippen LogP contribution is 2.26. The number of thiazole rings is 1. The number of hydrogen-bond donors (Lipinski definition) is 1. The van der Waals surface area contributed by atoms with E-state index in [1.165, 1.54) is 18.4 Å². The van der Waals surface area contributed by atoms with E-state index in [1.807, 2.05) is 12.3 Å². The van der Waals surface area contributed by atoms with Crippen LogP contribution in [-0.2, 0) is 6.42 Å². The van der Waals surface area contributed by atoms with Crippen molar-refractivity contribution in [2.45, 2.75) is 13.3 Å². The Hall–Kier alpha value is -1.88. The Morgan fingerprint density at radius 2 is 2.28 bits per heavy atom. The molecule has 0 saturated carbocycles. The fourth-order valence-electron chi connectivity index (χ4n) is 1.68. The molecular weight excluding hydrogens is 248 g/mol. The van der Waals surface area contributed by atoms with Gasteiger partial charge in [-0.05, 0) is 19.1 Å². The van der Waals surface area contributed by atoms with Crippen molar-refractivity contribution >= 4 is 22.8 Å². The average Bonchev–Trinajstić information content (AvgIpc) is 2.75. The number of methoxy groups -OCH3 is 1. The van der Waals surface area contributed by atoms with Gasteiger partial charge in [0.1, 0.15) is 10.8 Å². The third-order valence-corrected chi connectivity index (χ3v) is 3.53. The zero-order valence-electron chi connectivity index (χ0n) is 10.3. The molecule has 2 rings (SSSR count). The van der Waals surface area contributed by atoms with Gasteiger partial charge in [-0.15, -0.1) is 11.3 Å². The van der Waals surface area contributed by atoms with Crippen molar-refractivity contribution in [1.29, 1.82) is 0 Å². The Labute approximate surface area is 109 Å². The van der Waals surface area contributed by atoms with Crippen LogP contribution < -0.4 is 10.5 Å². The van der Waals surface area contributed by atoms with Gasteiger partial charge in [0, 0.05) is 16.6 Å². The van der Waals surface area contributed by atoms with Crippen molar-refractivity contribution in [2.75, 3.05) is 12.8 Å². The van der Waals surface area contributed by atoms with E-state index < -0.39 is 0 Å². The number of aromatic nitrogens is 1. The number of nitrogens with two attached hydrogens (primary N) is 1. The van der Waals surface area contributed by atoms with Gasteiger partial charge < -0.3 is 10.5 Å². The highest BCUT2D eigenvalue weighted by molar-refractivity contribution is 7.09. The van der Waals surface area contributed by atoms with E-state index in [9.17, 15) is 4.79 Å². The molecule has 0 saturated heterocycles. The summed E-state index contributed by atoms with van der Waals surface area (Å²) in [5, 5.41) is 2.73. The second-order valence-electron chi connectivity index (χ2n) is 3.90. The molecule has 5 heteroatoms. The third kappa shape index (κ3) is 2.51. The minimum Gasteiger partial charge on any atom is -0.495 e. The fourth-order valence-corrected chi connectivity index (χ4v) is 2.45. The first-order chi connectivity index (χ1) is 8.61. The standard InChI is InChI=1S/C13H14N2O2S/c1-8-7-18-12(15-8)6-10(16)9-4-3-5-11(17-2)13(9)14/h3-5,7H,6,14H2,1-2H3. The number of nitrogen functional groups attached to an aromatic ring is 1. The molecule has 1 aromatic carbocycles. The van der Waals surface area contributed by atoms with Crippen molar-refractivity contribution in [2.24, 2.45) is 0 Å². The number of carbonyl (C=O) groups is 1. The number of ether oxygens (including phenoxy) is 1. The van der Waals surface area contributed by atoms with E-state index in [0.29, 0.717) is 17.0 Å². The second kappa shape index (κ2) is 5.18. The Bertz CT molecular complexity index is 578. The molecule has 1 aromatic heterocycles. The van der Waals surface area contributed by atoms with Gasteiger partial charge in [0.15, 0.2) is 5.78 Å². The average molecular weight is 262 g/mol. The van der Waals surface area contributed by atoms with Crippen LogP contribution in [0.3, 0.4) is 0 Å². The topological polar surface area (TPSA) is 65.2 Å². The molecular formula is C13H14N2O2S. The smallest absolute Gasteiger partial charge is 0.171 e. The summed E-state index contributed by atoms with van der Waals surface area (Å²) >= 11 is 1.48. The van der Waals surface area contributed by atoms with Crippen LogP contribution in [0.25, 0.3) is 0 Å². The first-order valence-electron chi connectivity index (χ1n) is 5.48. The van der Waals surface area contributed by atoms with Gasteiger partial charge in [0.25, 0.3) is 0 Å². The molecule has 94 valence electrons. The number of benzene rings is 1. The molecule has 0 amide bonds. The first-order valence-corrected chi connectivity index (χ1v) is 6.36. The van der Waals surface area contributed by atoms with E-state index in [4.69, 9.17) is 10.5 Å². The van der Waals surface area contributed by atoms with Crippen LogP contribution in [0.5, 0.6) is 5.75 Å². The van der Waals surface area contributed by atoms with Gasteiger partial charge in [-0.1, -0.05) is 6.07 Å². The second-order valence-corrected chi connectivity index (χ2v) is 4.85. The van der Waals surface area contributed by atoms with E-state index in [1.54, 1.807) is 18.2 Å². The minimum absolute atomic E-state index is 0.0410. The summed E-state index contributed by atoms with van der Waals surface area (Å²) in [6.45, 7) is 1.91. The van der Waals surface area contributed by atoms with E-state index in [-0.39, 0.29) is 12.2 Å². The number of ketones is 1. The number of aryl methyl sites for hydroxylation is 1. The fraction of sp³-hybridized carbons (Fsp3) is 0.231. The lowest BCUT2D eigenvalue weighted by atomic mass is 10.1. The Balaban J connectivity index is 2.24. The van der Waals surface area contributed by atoms with Crippen LogP contribution >= 0.6 is 11.3 Å². The number of carbonyl (C=O) groups excluding carboxylic acids is 1. The Morgan fingerprint density at radius 1 is 1.50 bits per heavy atom. The molecule has 0 aliphatic carbocycles. The minimum atomic E-state index is -0.0410. The zero-order valence-corrected chi connectivity index (χ0v) is 11.1. The molecule has 0 aliphatic rings. The lowest BCUT2D eigenvalue weighted by molar-refractivity contribution is 0.0993. The van der Waals surface area contributed by atoms with Gasteiger partial charge >= 0.3 is 0 Å². The summed E-state index contributed by atoms with van der Waals surface area (Å²) in [6.07, 6.45) is 0.274. The highest BCUT2D eigenvalue weighted by atomic mass is 32.1. The van der Waals surface area contributed by atoms with Crippen molar-refractivity contribution in [3.8, 4) is 5.75 Å². The van der Waals surface area contributed by atoms with Crippen molar-refractivity contribution in [3.05, 3.63) is 39.8 Å². The van der Waals surface area contributed by atoms with Crippen LogP contribution in [0.15, 0.2) is 23.6 Å². The van der Waals surface area contributed by atoms with Crippen LogP contribution in [0, 0.1) is 6.92 Å². The van der Waals surface area contributed by atoms with Gasteiger partial charge in [-0.3, -0.25) is 4.79 Å². The van der Waals surface area contributed by atoms with Gasteiger partial charge in [-0.25, -0.2) is 4.98 Å². The molecule has 0 aliphatic heterocycles. The molecule has 0 radical (unpaired) electrons. The molecule has 4 nitrogen and oxygen atoms in total. The number of para-hydroxylation sites is 1. The largest absolute Gasteiger partial charge is 0.495 e. The number of Topliss-reactive ketones (excluding diaryl/α,β-unsaturated/α-hetero) is 1. The molecule has 2 N–H and O–H groups in total. The lowest BCUT2D eigenvalue weighted by Gasteiger charge is -2.08. The summed E-state index contributed by atoms with van der Waals surface area (Å²) < 4.78 is 5.10. The Kier molecular flexibility index (Phi) is 3.62. The monoisotopic (exact) mass is 262 g/mol. The maximum Gasteiger partial charge on any atom is 0.171 e. The van der Waals surface area contributed by atoms with Gasteiger partial charge in [-0.2, -0.15) is 0 Å². The van der Waals surface area contributed by atoms with Crippen molar-refractivity contribution in [3.63, 3.8) is 0 Å². The normalized spacial score (nSPS) is 10.3. The first kappa shape index (κ1) is 12.6. The zero-order chi connectivity index (χ0) is 13.1. The van der Waals surface area contributed by atoms with Crippen molar-refractivity contribution < 1.29 is 9.53 Å². The molecule has 2 aromatic rings. The predicted molar refractivity (Wildman–Crippen MR) is 72.3 cm³/mol. The van der Waals surface area contributed by atoms with E-state index in [0.717, 1.165) is 10.7 Å². The summed E-state index contributed by atoms with van der Waals surface area (Å²) in [5.41, 5.74) is 7.70. The number of rotatable bonds is 4. The molecule has 0 fully saturated rings. The molecule has 0 unspecified atom stereocenters. The van der Waals surface area contributed by atoms with Crippen LogP contribution in [-0.4, -0.2) is 17.9 Å². The van der Waals surface area contributed by atoms with Gasteiger partial charge in [0.05, 0.1) is 19.2 Å². The number of hydrogen-bond acceptors (Lipinski definition) is 5. The quantitative estimate of drug-likeness (QED) is 0.679. The summed E-state index contributed by atoms with van der Waals surface area (Å²) in [7, 11) is 1.53. The maximum atomic E-state index is 12.1. The molecule has 0 atom stereocenters. The van der Waals surface area contributed by atoms with Crippen LogP contribution in [0.1, 0.15) is 21.1 Å². The Morgan fingerprint density at radius 3 is 2.89 bits per heavy atom.